The molecule has 2 aliphatic rings. The first-order valence-electron chi connectivity index (χ1n) is 8.93. The van der Waals surface area contributed by atoms with Gasteiger partial charge in [-0.05, 0) is 48.6 Å². The Morgan fingerprint density at radius 3 is 2.40 bits per heavy atom. The van der Waals surface area contributed by atoms with Gasteiger partial charge in [0.2, 0.25) is 6.10 Å². The van der Waals surface area contributed by atoms with E-state index >= 15 is 0 Å². The van der Waals surface area contributed by atoms with Gasteiger partial charge in [-0.3, -0.25) is 0 Å². The highest BCUT2D eigenvalue weighted by Gasteiger charge is 2.60. The third-order valence-electron chi connectivity index (χ3n) is 5.54. The van der Waals surface area contributed by atoms with Crippen molar-refractivity contribution in [2.75, 3.05) is 0 Å². The van der Waals surface area contributed by atoms with Crippen LogP contribution >= 0.6 is 0 Å². The van der Waals surface area contributed by atoms with Crippen LogP contribution in [0.15, 0.2) is 18.2 Å². The number of benzene rings is 1. The van der Waals surface area contributed by atoms with E-state index in [0.717, 1.165) is 37.2 Å². The van der Waals surface area contributed by atoms with Gasteiger partial charge in [-0.15, -0.1) is 0 Å². The van der Waals surface area contributed by atoms with E-state index in [9.17, 15) is 22.0 Å². The van der Waals surface area contributed by atoms with E-state index in [4.69, 9.17) is 0 Å². The Morgan fingerprint density at radius 2 is 1.80 bits per heavy atom. The van der Waals surface area contributed by atoms with E-state index in [1.54, 1.807) is 12.1 Å². The summed E-state index contributed by atoms with van der Waals surface area (Å²) < 4.78 is 71.3. The third-order valence-corrected chi connectivity index (χ3v) is 5.54. The van der Waals surface area contributed by atoms with Gasteiger partial charge in [0.05, 0.1) is 6.61 Å². The molecule has 25 heavy (non-hydrogen) atoms. The van der Waals surface area contributed by atoms with Gasteiger partial charge in [0, 0.05) is 5.56 Å². The fourth-order valence-corrected chi connectivity index (χ4v) is 4.22. The van der Waals surface area contributed by atoms with Crippen LogP contribution in [0.25, 0.3) is 0 Å². The molecule has 1 unspecified atom stereocenters. The summed E-state index contributed by atoms with van der Waals surface area (Å²) in [5.41, 5.74) is 0.571. The van der Waals surface area contributed by atoms with Crippen LogP contribution in [-0.4, -0.2) is 12.3 Å². The first kappa shape index (κ1) is 18.6. The minimum atomic E-state index is -5.09. The number of hydrogen-bond acceptors (Lipinski definition) is 1. The highest BCUT2D eigenvalue weighted by Crippen LogP contribution is 2.47. The summed E-state index contributed by atoms with van der Waals surface area (Å²) in [5.74, 6) is -3.02. The van der Waals surface area contributed by atoms with Crippen LogP contribution in [0.1, 0.15) is 68.1 Å². The second-order valence-electron chi connectivity index (χ2n) is 7.28. The molecule has 0 saturated heterocycles. The summed E-state index contributed by atoms with van der Waals surface area (Å²) in [7, 11) is 0. The van der Waals surface area contributed by atoms with E-state index in [0.29, 0.717) is 5.92 Å². The van der Waals surface area contributed by atoms with Crippen molar-refractivity contribution in [1.29, 1.82) is 0 Å². The number of alkyl halides is 5. The normalized spacial score (nSPS) is 29.3. The number of halogens is 5. The zero-order valence-corrected chi connectivity index (χ0v) is 14.2. The lowest BCUT2D eigenvalue weighted by Gasteiger charge is -2.35. The minimum Gasteiger partial charge on any atom is -0.358 e. The second-order valence-corrected chi connectivity index (χ2v) is 7.28. The van der Waals surface area contributed by atoms with E-state index in [-0.39, 0.29) is 5.56 Å². The van der Waals surface area contributed by atoms with Crippen molar-refractivity contribution in [3.63, 3.8) is 0 Å². The van der Waals surface area contributed by atoms with Crippen LogP contribution < -0.4 is 0 Å². The Balaban J connectivity index is 1.78. The largest absolute Gasteiger partial charge is 0.420 e. The number of ether oxygens (including phenoxy) is 1. The SMILES string of the molecule is CCCC1CCC(c2ccc3c(c2)COC(C(F)(F)F)C3(F)F)CC1. The molecule has 0 spiro atoms. The van der Waals surface area contributed by atoms with E-state index in [1.807, 2.05) is 0 Å². The van der Waals surface area contributed by atoms with Crippen LogP contribution in [0.3, 0.4) is 0 Å². The Bertz CT molecular complexity index is 602. The summed E-state index contributed by atoms with van der Waals surface area (Å²) in [5, 5.41) is 0. The lowest BCUT2D eigenvalue weighted by Crippen LogP contribution is -2.48. The smallest absolute Gasteiger partial charge is 0.358 e. The first-order chi connectivity index (χ1) is 11.7. The first-order valence-corrected chi connectivity index (χ1v) is 8.93. The van der Waals surface area contributed by atoms with Gasteiger partial charge in [-0.2, -0.15) is 22.0 Å². The fraction of sp³-hybridized carbons (Fsp3) is 0.684. The monoisotopic (exact) mass is 362 g/mol. The molecule has 0 amide bonds. The maximum atomic E-state index is 14.2. The molecule has 1 nitrogen and oxygen atoms in total. The van der Waals surface area contributed by atoms with Gasteiger partial charge in [-0.1, -0.05) is 38.0 Å². The topological polar surface area (TPSA) is 9.23 Å². The zero-order chi connectivity index (χ0) is 18.2. The van der Waals surface area contributed by atoms with Crippen LogP contribution in [0.4, 0.5) is 22.0 Å². The van der Waals surface area contributed by atoms with Crippen molar-refractivity contribution < 1.29 is 26.7 Å². The quantitative estimate of drug-likeness (QED) is 0.572. The standard InChI is InChI=1S/C19H23F5O/c1-2-3-12-4-6-13(7-5-12)14-8-9-16-15(10-14)11-25-17(18(16,20)21)19(22,23)24/h8-10,12-13,17H,2-7,11H2,1H3. The predicted octanol–water partition coefficient (Wildman–Crippen LogP) is 6.31. The van der Waals surface area contributed by atoms with Gasteiger partial charge >= 0.3 is 12.1 Å². The van der Waals surface area contributed by atoms with Gasteiger partial charge in [0.1, 0.15) is 0 Å². The van der Waals surface area contributed by atoms with Crippen LogP contribution in [0.5, 0.6) is 0 Å². The van der Waals surface area contributed by atoms with Crippen LogP contribution in [0, 0.1) is 5.92 Å². The van der Waals surface area contributed by atoms with E-state index < -0.39 is 30.4 Å². The zero-order valence-electron chi connectivity index (χ0n) is 14.2. The number of rotatable bonds is 3. The molecule has 1 atom stereocenters. The van der Waals surface area contributed by atoms with Gasteiger partial charge in [-0.25, -0.2) is 0 Å². The van der Waals surface area contributed by atoms with Crippen LogP contribution in [0.2, 0.25) is 0 Å². The Hall–Kier alpha value is -1.17. The highest BCUT2D eigenvalue weighted by atomic mass is 19.4. The Morgan fingerprint density at radius 1 is 1.12 bits per heavy atom. The molecule has 1 aliphatic carbocycles. The van der Waals surface area contributed by atoms with Gasteiger partial charge < -0.3 is 4.74 Å². The molecule has 3 rings (SSSR count). The number of hydrogen-bond donors (Lipinski definition) is 0. The molecule has 6 heteroatoms. The summed E-state index contributed by atoms with van der Waals surface area (Å²) in [6.07, 6.45) is -1.51. The average Bonchev–Trinajstić information content (AvgIpc) is 2.54. The molecule has 1 aromatic rings. The van der Waals surface area contributed by atoms with Crippen LogP contribution in [-0.2, 0) is 17.3 Å². The maximum absolute atomic E-state index is 14.2. The van der Waals surface area contributed by atoms with Crippen molar-refractivity contribution in [3.8, 4) is 0 Å². The molecule has 0 radical (unpaired) electrons. The minimum absolute atomic E-state index is 0.179. The molecule has 1 heterocycles. The van der Waals surface area contributed by atoms with Gasteiger partial charge in [0.15, 0.2) is 0 Å². The maximum Gasteiger partial charge on any atom is 0.420 e. The van der Waals surface area contributed by atoms with Crippen molar-refractivity contribution >= 4 is 0 Å². The third kappa shape index (κ3) is 3.69. The fourth-order valence-electron chi connectivity index (χ4n) is 4.22. The van der Waals surface area contributed by atoms with Crippen molar-refractivity contribution in [2.45, 2.75) is 76.2 Å². The van der Waals surface area contributed by atoms with Crippen molar-refractivity contribution in [2.24, 2.45) is 5.92 Å². The lowest BCUT2D eigenvalue weighted by atomic mass is 9.76. The molecule has 0 aromatic heterocycles. The summed E-state index contributed by atoms with van der Waals surface area (Å²) in [6.45, 7) is 1.75. The molecule has 0 N–H and O–H groups in total. The molecular weight excluding hydrogens is 339 g/mol. The molecule has 1 fully saturated rings. The predicted molar refractivity (Wildman–Crippen MR) is 84.6 cm³/mol. The Labute approximate surface area is 144 Å². The summed E-state index contributed by atoms with van der Waals surface area (Å²) in [6, 6.07) is 4.38. The Kier molecular flexibility index (Phi) is 5.11. The molecule has 1 saturated carbocycles. The molecule has 1 aromatic carbocycles. The van der Waals surface area contributed by atoms with E-state index in [2.05, 4.69) is 11.7 Å². The molecule has 0 bridgehead atoms. The highest BCUT2D eigenvalue weighted by molar-refractivity contribution is 5.38. The van der Waals surface area contributed by atoms with E-state index in [1.165, 1.54) is 18.9 Å². The van der Waals surface area contributed by atoms with Crippen molar-refractivity contribution in [1.82, 2.24) is 0 Å². The van der Waals surface area contributed by atoms with Gasteiger partial charge in [0.25, 0.3) is 0 Å². The summed E-state index contributed by atoms with van der Waals surface area (Å²) >= 11 is 0. The second kappa shape index (κ2) is 6.86. The molecule has 140 valence electrons. The molecule has 1 aliphatic heterocycles. The number of fused-ring (bicyclic) bond motifs is 1. The average molecular weight is 362 g/mol. The molecular formula is C19H23F5O. The van der Waals surface area contributed by atoms with Crippen molar-refractivity contribution in [3.05, 3.63) is 34.9 Å². The summed E-state index contributed by atoms with van der Waals surface area (Å²) in [4.78, 5) is 0. The lowest BCUT2D eigenvalue weighted by molar-refractivity contribution is -0.299.